The minimum absolute atomic E-state index is 0.211. The van der Waals surface area contributed by atoms with Crippen LogP contribution in [0.5, 0.6) is 0 Å². The molecule has 0 unspecified atom stereocenters. The number of amides is 1. The summed E-state index contributed by atoms with van der Waals surface area (Å²) in [5.74, 6) is 0.0143. The summed E-state index contributed by atoms with van der Waals surface area (Å²) in [6, 6.07) is 6.13. The maximum Gasteiger partial charge on any atom is 0.352 e. The van der Waals surface area contributed by atoms with E-state index in [2.05, 4.69) is 15.4 Å². The highest BCUT2D eigenvalue weighted by molar-refractivity contribution is 5.90. The van der Waals surface area contributed by atoms with Gasteiger partial charge in [-0.3, -0.25) is 4.79 Å². The fraction of sp³-hybridized carbons (Fsp3) is 0.333. The van der Waals surface area contributed by atoms with Crippen LogP contribution >= 0.6 is 0 Å². The average Bonchev–Trinajstić information content (AvgIpc) is 3.00. The molecule has 1 fully saturated rings. The minimum Gasteiger partial charge on any atom is -0.378 e. The first-order valence-corrected chi connectivity index (χ1v) is 8.86. The van der Waals surface area contributed by atoms with Gasteiger partial charge in [-0.25, -0.2) is 18.3 Å². The molecule has 0 bridgehead atoms. The van der Waals surface area contributed by atoms with Crippen molar-refractivity contribution in [3.8, 4) is 0 Å². The summed E-state index contributed by atoms with van der Waals surface area (Å²) in [5, 5.41) is 6.71. The molecule has 4 rings (SSSR count). The van der Waals surface area contributed by atoms with E-state index in [0.717, 1.165) is 4.68 Å². The quantitative estimate of drug-likeness (QED) is 0.713. The summed E-state index contributed by atoms with van der Waals surface area (Å²) in [4.78, 5) is 31.1. The zero-order chi connectivity index (χ0) is 19.7. The Morgan fingerprint density at radius 3 is 2.82 bits per heavy atom. The van der Waals surface area contributed by atoms with E-state index in [0.29, 0.717) is 43.4 Å². The van der Waals surface area contributed by atoms with Crippen LogP contribution in [0.3, 0.4) is 0 Å². The smallest absolute Gasteiger partial charge is 0.352 e. The molecule has 1 amide bonds. The van der Waals surface area contributed by atoms with Crippen LogP contribution in [0.15, 0.2) is 35.3 Å². The molecule has 0 aliphatic carbocycles. The van der Waals surface area contributed by atoms with E-state index in [9.17, 15) is 14.0 Å². The number of hydrogen-bond acceptors (Lipinski definition) is 6. The number of rotatable bonds is 4. The molecule has 10 heteroatoms. The molecule has 28 heavy (non-hydrogen) atoms. The predicted molar refractivity (Wildman–Crippen MR) is 100 cm³/mol. The number of carbonyl (C=O) groups is 1. The lowest BCUT2D eigenvalue weighted by Gasteiger charge is -2.27. The van der Waals surface area contributed by atoms with Gasteiger partial charge >= 0.3 is 5.69 Å². The molecule has 146 valence electrons. The van der Waals surface area contributed by atoms with Gasteiger partial charge in [0, 0.05) is 25.0 Å². The van der Waals surface area contributed by atoms with Crippen LogP contribution in [0, 0.1) is 12.7 Å². The van der Waals surface area contributed by atoms with Crippen molar-refractivity contribution in [1.29, 1.82) is 0 Å². The summed E-state index contributed by atoms with van der Waals surface area (Å²) in [5.41, 5.74) is 0.329. The number of anilines is 2. The van der Waals surface area contributed by atoms with Crippen LogP contribution in [0.1, 0.15) is 5.56 Å². The molecule has 1 aromatic carbocycles. The number of benzene rings is 1. The molecule has 0 atom stereocenters. The van der Waals surface area contributed by atoms with Gasteiger partial charge < -0.3 is 15.0 Å². The first-order valence-electron chi connectivity index (χ1n) is 8.86. The summed E-state index contributed by atoms with van der Waals surface area (Å²) in [7, 11) is 0. The van der Waals surface area contributed by atoms with Crippen molar-refractivity contribution in [2.75, 3.05) is 36.5 Å². The molecule has 9 nitrogen and oxygen atoms in total. The Balaban J connectivity index is 1.53. The number of nitrogens with one attached hydrogen (secondary N) is 1. The Kier molecular flexibility index (Phi) is 4.78. The highest BCUT2D eigenvalue weighted by atomic mass is 19.1. The van der Waals surface area contributed by atoms with Crippen molar-refractivity contribution in [3.63, 3.8) is 0 Å². The van der Waals surface area contributed by atoms with E-state index >= 15 is 0 Å². The van der Waals surface area contributed by atoms with Crippen LogP contribution in [-0.4, -0.2) is 51.4 Å². The Hall–Kier alpha value is -3.27. The van der Waals surface area contributed by atoms with E-state index in [1.165, 1.54) is 10.5 Å². The number of hydrogen-bond donors (Lipinski definition) is 1. The number of nitrogens with zero attached hydrogens (tertiary/aromatic N) is 5. The number of halogens is 1. The Labute approximate surface area is 159 Å². The molecule has 0 spiro atoms. The summed E-state index contributed by atoms with van der Waals surface area (Å²) in [6.45, 7) is 3.99. The molecule has 0 saturated carbocycles. The van der Waals surface area contributed by atoms with Crippen LogP contribution in [0.2, 0.25) is 0 Å². The van der Waals surface area contributed by atoms with E-state index in [1.807, 2.05) is 4.90 Å². The molecule has 0 radical (unpaired) electrons. The monoisotopic (exact) mass is 386 g/mol. The lowest BCUT2D eigenvalue weighted by molar-refractivity contribution is -0.117. The zero-order valence-corrected chi connectivity index (χ0v) is 15.3. The van der Waals surface area contributed by atoms with Crippen molar-refractivity contribution >= 4 is 23.2 Å². The van der Waals surface area contributed by atoms with E-state index < -0.39 is 17.4 Å². The highest BCUT2D eigenvalue weighted by Crippen LogP contribution is 2.14. The Morgan fingerprint density at radius 2 is 2.07 bits per heavy atom. The first kappa shape index (κ1) is 18.1. The van der Waals surface area contributed by atoms with Crippen LogP contribution < -0.4 is 15.9 Å². The number of ether oxygens (including phenoxy) is 1. The lowest BCUT2D eigenvalue weighted by atomic mass is 10.2. The van der Waals surface area contributed by atoms with Gasteiger partial charge in [-0.15, -0.1) is 5.10 Å². The molecule has 3 aromatic rings. The SMILES string of the molecule is Cc1ccc(NC(=O)Cn2nc3nc(N4CCOCC4)ccn3c2=O)cc1F. The molecule has 1 aliphatic rings. The van der Waals surface area contributed by atoms with Gasteiger partial charge in [-0.05, 0) is 30.7 Å². The van der Waals surface area contributed by atoms with E-state index in [1.54, 1.807) is 31.3 Å². The molecule has 1 N–H and O–H groups in total. The third kappa shape index (κ3) is 3.58. The second-order valence-corrected chi connectivity index (χ2v) is 6.51. The van der Waals surface area contributed by atoms with Crippen LogP contribution in [0.25, 0.3) is 5.78 Å². The molecular weight excluding hydrogens is 367 g/mol. The Bertz CT molecular complexity index is 1090. The highest BCUT2D eigenvalue weighted by Gasteiger charge is 2.16. The van der Waals surface area contributed by atoms with E-state index in [-0.39, 0.29) is 12.3 Å². The molecule has 1 saturated heterocycles. The third-order valence-corrected chi connectivity index (χ3v) is 4.52. The first-order chi connectivity index (χ1) is 13.5. The fourth-order valence-electron chi connectivity index (χ4n) is 2.98. The van der Waals surface area contributed by atoms with Crippen molar-refractivity contribution in [2.45, 2.75) is 13.5 Å². The van der Waals surface area contributed by atoms with Crippen molar-refractivity contribution in [3.05, 3.63) is 52.3 Å². The number of aryl methyl sites for hydroxylation is 1. The van der Waals surface area contributed by atoms with Gasteiger partial charge in [0.05, 0.1) is 13.2 Å². The standard InChI is InChI=1S/C18H19FN6O3/c1-12-2-3-13(10-14(12)19)20-16(26)11-25-18(27)24-5-4-15(21-17(24)22-25)23-6-8-28-9-7-23/h2-5,10H,6-9,11H2,1H3,(H,20,26). The van der Waals surface area contributed by atoms with Crippen LogP contribution in [0.4, 0.5) is 15.9 Å². The van der Waals surface area contributed by atoms with Gasteiger partial charge in [0.2, 0.25) is 5.91 Å². The summed E-state index contributed by atoms with van der Waals surface area (Å²) >= 11 is 0. The number of fused-ring (bicyclic) bond motifs is 1. The molecule has 2 aromatic heterocycles. The maximum atomic E-state index is 13.6. The van der Waals surface area contributed by atoms with Gasteiger partial charge in [0.25, 0.3) is 5.78 Å². The summed E-state index contributed by atoms with van der Waals surface area (Å²) in [6.07, 6.45) is 1.59. The van der Waals surface area contributed by atoms with Gasteiger partial charge in [0.15, 0.2) is 0 Å². The predicted octanol–water partition coefficient (Wildman–Crippen LogP) is 0.814. The van der Waals surface area contributed by atoms with Crippen molar-refractivity contribution in [1.82, 2.24) is 19.2 Å². The molecule has 3 heterocycles. The lowest BCUT2D eigenvalue weighted by Crippen LogP contribution is -2.36. The average molecular weight is 386 g/mol. The number of carbonyl (C=O) groups excluding carboxylic acids is 1. The van der Waals surface area contributed by atoms with Crippen molar-refractivity contribution < 1.29 is 13.9 Å². The second-order valence-electron chi connectivity index (χ2n) is 6.51. The van der Waals surface area contributed by atoms with Gasteiger partial charge in [-0.1, -0.05) is 6.07 Å². The van der Waals surface area contributed by atoms with E-state index in [4.69, 9.17) is 4.74 Å². The maximum absolute atomic E-state index is 13.6. The molecular formula is C18H19FN6O3. The number of aromatic nitrogens is 4. The topological polar surface area (TPSA) is 93.8 Å². The third-order valence-electron chi connectivity index (χ3n) is 4.52. The van der Waals surface area contributed by atoms with Gasteiger partial charge in [0.1, 0.15) is 18.2 Å². The normalized spacial score (nSPS) is 14.4. The van der Waals surface area contributed by atoms with Crippen LogP contribution in [-0.2, 0) is 16.1 Å². The number of morpholine rings is 1. The van der Waals surface area contributed by atoms with Gasteiger partial charge in [-0.2, -0.15) is 4.98 Å². The Morgan fingerprint density at radius 1 is 1.29 bits per heavy atom. The zero-order valence-electron chi connectivity index (χ0n) is 15.3. The van der Waals surface area contributed by atoms with Crippen molar-refractivity contribution in [2.24, 2.45) is 0 Å². The fourth-order valence-corrected chi connectivity index (χ4v) is 2.98. The summed E-state index contributed by atoms with van der Waals surface area (Å²) < 4.78 is 21.2. The second kappa shape index (κ2) is 7.39. The minimum atomic E-state index is -0.484. The largest absolute Gasteiger partial charge is 0.378 e. The molecule has 1 aliphatic heterocycles.